The fourth-order valence-corrected chi connectivity index (χ4v) is 3.61. The molecular weight excluding hydrogens is 314 g/mol. The van der Waals surface area contributed by atoms with Crippen molar-refractivity contribution >= 4 is 5.91 Å². The molecule has 1 aromatic heterocycles. The highest BCUT2D eigenvalue weighted by atomic mass is 16.2. The Kier molecular flexibility index (Phi) is 4.90. The fourth-order valence-electron chi connectivity index (χ4n) is 3.61. The number of aromatic nitrogens is 3. The van der Waals surface area contributed by atoms with Gasteiger partial charge in [-0.15, -0.1) is 5.10 Å². The highest BCUT2D eigenvalue weighted by molar-refractivity contribution is 5.91. The normalized spacial score (nSPS) is 16.4. The van der Waals surface area contributed by atoms with Gasteiger partial charge in [0, 0.05) is 6.54 Å². The van der Waals surface area contributed by atoms with Crippen LogP contribution in [-0.2, 0) is 0 Å². The Hall–Kier alpha value is -2.21. The summed E-state index contributed by atoms with van der Waals surface area (Å²) in [6.07, 6.45) is 4.04. The summed E-state index contributed by atoms with van der Waals surface area (Å²) in [5.74, 6) is 1.02. The van der Waals surface area contributed by atoms with Crippen molar-refractivity contribution in [2.45, 2.75) is 57.9 Å². The van der Waals surface area contributed by atoms with Crippen LogP contribution in [0, 0.1) is 6.92 Å². The van der Waals surface area contributed by atoms with E-state index < -0.39 is 0 Å². The lowest BCUT2D eigenvalue weighted by atomic mass is 9.98. The van der Waals surface area contributed by atoms with Gasteiger partial charge >= 0.3 is 0 Å². The Bertz CT molecular complexity index is 759. The van der Waals surface area contributed by atoms with E-state index in [1.165, 1.54) is 5.56 Å². The number of hydrogen-bond donors (Lipinski definition) is 2. The van der Waals surface area contributed by atoms with E-state index in [-0.39, 0.29) is 17.3 Å². The minimum Gasteiger partial charge on any atom is -0.343 e. The molecule has 0 unspecified atom stereocenters. The number of benzene rings is 1. The van der Waals surface area contributed by atoms with Gasteiger partial charge in [-0.25, -0.2) is 9.67 Å². The molecule has 0 radical (unpaired) electrons. The van der Waals surface area contributed by atoms with Crippen molar-refractivity contribution in [3.05, 3.63) is 41.5 Å². The topological polar surface area (TPSA) is 85.8 Å². The average Bonchev–Trinajstić information content (AvgIpc) is 3.22. The highest BCUT2D eigenvalue weighted by Gasteiger charge is 2.35. The first-order valence-corrected chi connectivity index (χ1v) is 9.01. The number of carbonyl (C=O) groups is 1. The SMILES string of the molecule is Cc1nc(C(=O)NC2(CN)CCCC2)nn1-c1ccccc1C(C)C. The molecule has 3 N–H and O–H groups in total. The smallest absolute Gasteiger partial charge is 0.291 e. The van der Waals surface area contributed by atoms with Gasteiger partial charge in [0.25, 0.3) is 5.91 Å². The van der Waals surface area contributed by atoms with Crippen molar-refractivity contribution in [1.82, 2.24) is 20.1 Å². The predicted molar refractivity (Wildman–Crippen MR) is 97.9 cm³/mol. The van der Waals surface area contributed by atoms with Crippen molar-refractivity contribution in [3.8, 4) is 5.69 Å². The van der Waals surface area contributed by atoms with E-state index >= 15 is 0 Å². The van der Waals surface area contributed by atoms with Crippen LogP contribution >= 0.6 is 0 Å². The number of nitrogens with zero attached hydrogens (tertiary/aromatic N) is 3. The first kappa shape index (κ1) is 17.6. The number of para-hydroxylation sites is 1. The lowest BCUT2D eigenvalue weighted by Crippen LogP contribution is -2.51. The Morgan fingerprint density at radius 2 is 2.00 bits per heavy atom. The van der Waals surface area contributed by atoms with E-state index in [4.69, 9.17) is 5.73 Å². The third kappa shape index (κ3) is 3.44. The molecule has 1 heterocycles. The molecule has 0 atom stereocenters. The summed E-state index contributed by atoms with van der Waals surface area (Å²) in [7, 11) is 0. The molecule has 2 aromatic rings. The van der Waals surface area contributed by atoms with E-state index in [2.05, 4.69) is 35.3 Å². The minimum atomic E-state index is -0.299. The quantitative estimate of drug-likeness (QED) is 0.875. The largest absolute Gasteiger partial charge is 0.343 e. The highest BCUT2D eigenvalue weighted by Crippen LogP contribution is 2.29. The number of aryl methyl sites for hydroxylation is 1. The van der Waals surface area contributed by atoms with Crippen LogP contribution in [0.15, 0.2) is 24.3 Å². The van der Waals surface area contributed by atoms with E-state index in [1.807, 2.05) is 25.1 Å². The maximum absolute atomic E-state index is 12.7. The number of rotatable bonds is 5. The van der Waals surface area contributed by atoms with Crippen LogP contribution in [0.25, 0.3) is 5.69 Å². The van der Waals surface area contributed by atoms with Crippen LogP contribution in [-0.4, -0.2) is 32.8 Å². The molecule has 1 aromatic carbocycles. The summed E-state index contributed by atoms with van der Waals surface area (Å²) in [4.78, 5) is 17.1. The van der Waals surface area contributed by atoms with Crippen molar-refractivity contribution in [2.24, 2.45) is 5.73 Å². The zero-order chi connectivity index (χ0) is 18.0. The fraction of sp³-hybridized carbons (Fsp3) is 0.526. The monoisotopic (exact) mass is 341 g/mol. The van der Waals surface area contributed by atoms with Gasteiger partial charge in [-0.05, 0) is 37.3 Å². The molecular formula is C19H27N5O. The maximum Gasteiger partial charge on any atom is 0.291 e. The zero-order valence-electron chi connectivity index (χ0n) is 15.2. The molecule has 1 fully saturated rings. The van der Waals surface area contributed by atoms with Crippen LogP contribution < -0.4 is 11.1 Å². The second kappa shape index (κ2) is 6.96. The third-order valence-electron chi connectivity index (χ3n) is 5.09. The summed E-state index contributed by atoms with van der Waals surface area (Å²) in [5.41, 5.74) is 7.76. The van der Waals surface area contributed by atoms with Crippen LogP contribution in [0.3, 0.4) is 0 Å². The standard InChI is InChI=1S/C19H27N5O/c1-13(2)15-8-4-5-9-16(15)24-14(3)21-17(23-24)18(25)22-19(12-20)10-6-7-11-19/h4-5,8-9,13H,6-7,10-12,20H2,1-3H3,(H,22,25). The zero-order valence-corrected chi connectivity index (χ0v) is 15.2. The molecule has 134 valence electrons. The molecule has 0 spiro atoms. The van der Waals surface area contributed by atoms with E-state index in [1.54, 1.807) is 4.68 Å². The minimum absolute atomic E-state index is 0.204. The van der Waals surface area contributed by atoms with Crippen molar-refractivity contribution in [3.63, 3.8) is 0 Å². The summed E-state index contributed by atoms with van der Waals surface area (Å²) in [6, 6.07) is 8.09. The molecule has 6 nitrogen and oxygen atoms in total. The molecule has 0 aliphatic heterocycles. The first-order valence-electron chi connectivity index (χ1n) is 9.01. The summed E-state index contributed by atoms with van der Waals surface area (Å²) >= 11 is 0. The summed E-state index contributed by atoms with van der Waals surface area (Å²) in [6.45, 7) is 6.61. The number of nitrogens with one attached hydrogen (secondary N) is 1. The molecule has 25 heavy (non-hydrogen) atoms. The summed E-state index contributed by atoms with van der Waals surface area (Å²) < 4.78 is 1.76. The van der Waals surface area contributed by atoms with Crippen LogP contribution in [0.1, 0.15) is 67.5 Å². The van der Waals surface area contributed by atoms with Gasteiger partial charge in [-0.1, -0.05) is 44.9 Å². The lowest BCUT2D eigenvalue weighted by Gasteiger charge is -2.27. The maximum atomic E-state index is 12.7. The number of nitrogens with two attached hydrogens (primary N) is 1. The second-order valence-electron chi connectivity index (χ2n) is 7.25. The van der Waals surface area contributed by atoms with Gasteiger partial charge in [0.2, 0.25) is 5.82 Å². The molecule has 6 heteroatoms. The van der Waals surface area contributed by atoms with Crippen LogP contribution in [0.5, 0.6) is 0 Å². The van der Waals surface area contributed by atoms with Gasteiger partial charge in [-0.3, -0.25) is 4.79 Å². The predicted octanol–water partition coefficient (Wildman–Crippen LogP) is 2.70. The molecule has 1 amide bonds. The van der Waals surface area contributed by atoms with Gasteiger partial charge in [-0.2, -0.15) is 0 Å². The molecule has 3 rings (SSSR count). The molecule has 1 saturated carbocycles. The van der Waals surface area contributed by atoms with E-state index in [0.717, 1.165) is 31.4 Å². The van der Waals surface area contributed by atoms with Crippen LogP contribution in [0.4, 0.5) is 0 Å². The number of carbonyl (C=O) groups excluding carboxylic acids is 1. The lowest BCUT2D eigenvalue weighted by molar-refractivity contribution is 0.0892. The Labute approximate surface area is 148 Å². The van der Waals surface area contributed by atoms with Crippen molar-refractivity contribution < 1.29 is 4.79 Å². The van der Waals surface area contributed by atoms with Crippen molar-refractivity contribution in [1.29, 1.82) is 0 Å². The summed E-state index contributed by atoms with van der Waals surface area (Å²) in [5, 5.41) is 7.57. The number of amides is 1. The van der Waals surface area contributed by atoms with Crippen molar-refractivity contribution in [2.75, 3.05) is 6.54 Å². The molecule has 0 bridgehead atoms. The van der Waals surface area contributed by atoms with Gasteiger partial charge < -0.3 is 11.1 Å². The number of hydrogen-bond acceptors (Lipinski definition) is 4. The Morgan fingerprint density at radius 3 is 2.64 bits per heavy atom. The third-order valence-corrected chi connectivity index (χ3v) is 5.09. The van der Waals surface area contributed by atoms with E-state index in [0.29, 0.717) is 18.3 Å². The Balaban J connectivity index is 1.89. The van der Waals surface area contributed by atoms with E-state index in [9.17, 15) is 4.79 Å². The average molecular weight is 341 g/mol. The Morgan fingerprint density at radius 1 is 1.32 bits per heavy atom. The van der Waals surface area contributed by atoms with Gasteiger partial charge in [0.05, 0.1) is 11.2 Å². The van der Waals surface area contributed by atoms with Gasteiger partial charge in [0.1, 0.15) is 5.82 Å². The molecule has 0 saturated heterocycles. The second-order valence-corrected chi connectivity index (χ2v) is 7.25. The van der Waals surface area contributed by atoms with Crippen LogP contribution in [0.2, 0.25) is 0 Å². The van der Waals surface area contributed by atoms with Gasteiger partial charge in [0.15, 0.2) is 0 Å². The first-order chi connectivity index (χ1) is 12.0. The molecule has 1 aliphatic carbocycles. The molecule has 1 aliphatic rings.